The van der Waals surface area contributed by atoms with Gasteiger partial charge in [-0.1, -0.05) is 54.4 Å². The number of amides is 1. The van der Waals surface area contributed by atoms with Gasteiger partial charge in [0.25, 0.3) is 0 Å². The highest BCUT2D eigenvalue weighted by Crippen LogP contribution is 2.33. The maximum atomic E-state index is 13.5. The summed E-state index contributed by atoms with van der Waals surface area (Å²) in [5.74, 6) is -0.253. The lowest BCUT2D eigenvalue weighted by Gasteiger charge is -2.42. The van der Waals surface area contributed by atoms with Crippen LogP contribution in [0.3, 0.4) is 0 Å². The Hall–Kier alpha value is -2.38. The van der Waals surface area contributed by atoms with Crippen molar-refractivity contribution in [2.24, 2.45) is 0 Å². The lowest BCUT2D eigenvalue weighted by atomic mass is 9.96. The summed E-state index contributed by atoms with van der Waals surface area (Å²) in [4.78, 5) is 18.2. The van der Waals surface area contributed by atoms with Gasteiger partial charge in [0, 0.05) is 25.7 Å². The van der Waals surface area contributed by atoms with Gasteiger partial charge in [0.1, 0.15) is 6.04 Å². The van der Waals surface area contributed by atoms with Crippen molar-refractivity contribution >= 4 is 5.91 Å². The Kier molecular flexibility index (Phi) is 7.94. The molecule has 1 N–H and O–H groups in total. The molecule has 0 spiro atoms. The van der Waals surface area contributed by atoms with Gasteiger partial charge in [-0.2, -0.15) is 13.2 Å². The molecular weight excluding hydrogens is 439 g/mol. The first-order valence-corrected chi connectivity index (χ1v) is 12.3. The molecule has 2 fully saturated rings. The van der Waals surface area contributed by atoms with Crippen LogP contribution in [0.25, 0.3) is 0 Å². The van der Waals surface area contributed by atoms with Crippen molar-refractivity contribution in [1.29, 1.82) is 0 Å². The monoisotopic (exact) mass is 473 g/mol. The van der Waals surface area contributed by atoms with Crippen molar-refractivity contribution in [2.45, 2.75) is 63.8 Å². The van der Waals surface area contributed by atoms with E-state index in [0.29, 0.717) is 11.6 Å². The fourth-order valence-corrected chi connectivity index (χ4v) is 5.34. The van der Waals surface area contributed by atoms with Gasteiger partial charge in [-0.15, -0.1) is 0 Å². The highest BCUT2D eigenvalue weighted by molar-refractivity contribution is 5.83. The lowest BCUT2D eigenvalue weighted by Crippen LogP contribution is -2.50. The molecule has 4 rings (SSSR count). The summed E-state index contributed by atoms with van der Waals surface area (Å²) >= 11 is 0. The van der Waals surface area contributed by atoms with Crippen LogP contribution in [0.4, 0.5) is 13.2 Å². The quantitative estimate of drug-likeness (QED) is 0.617. The molecule has 2 aromatic carbocycles. The van der Waals surface area contributed by atoms with Gasteiger partial charge in [0.05, 0.1) is 5.56 Å². The minimum absolute atomic E-state index is 0.0852. The summed E-state index contributed by atoms with van der Waals surface area (Å²) < 4.78 is 40.6. The van der Waals surface area contributed by atoms with Crippen LogP contribution < -0.4 is 5.32 Å². The van der Waals surface area contributed by atoms with Crippen LogP contribution in [0, 0.1) is 6.92 Å². The van der Waals surface area contributed by atoms with Crippen LogP contribution in [0.2, 0.25) is 0 Å². The predicted octanol–water partition coefficient (Wildman–Crippen LogP) is 5.32. The molecule has 34 heavy (non-hydrogen) atoms. The third-order valence-electron chi connectivity index (χ3n) is 7.16. The van der Waals surface area contributed by atoms with Gasteiger partial charge < -0.3 is 10.2 Å². The standard InChI is InChI=1S/C27H34F3N3O/c1-20-10-11-22(24(18-20)27(28,29)30)19-31-26(34)25(21-8-4-2-5-9-21)33-16-12-23(13-17-33)32-14-6-3-7-15-32/h2,4-5,8-11,18,23,25H,3,6-7,12-17,19H2,1H3,(H,31,34). The van der Waals surface area contributed by atoms with Crippen LogP contribution in [0.15, 0.2) is 48.5 Å². The fourth-order valence-electron chi connectivity index (χ4n) is 5.34. The normalized spacial score (nSPS) is 19.6. The molecule has 0 bridgehead atoms. The Bertz CT molecular complexity index is 949. The number of hydrogen-bond acceptors (Lipinski definition) is 3. The number of nitrogens with zero attached hydrogens (tertiary/aromatic N) is 2. The molecule has 7 heteroatoms. The van der Waals surface area contributed by atoms with Crippen molar-refractivity contribution in [3.05, 3.63) is 70.8 Å². The van der Waals surface area contributed by atoms with Gasteiger partial charge >= 0.3 is 6.18 Å². The third-order valence-corrected chi connectivity index (χ3v) is 7.16. The Balaban J connectivity index is 1.46. The highest BCUT2D eigenvalue weighted by atomic mass is 19.4. The van der Waals surface area contributed by atoms with Crippen molar-refractivity contribution in [2.75, 3.05) is 26.2 Å². The second-order valence-corrected chi connectivity index (χ2v) is 9.55. The van der Waals surface area contributed by atoms with Gasteiger partial charge in [0.15, 0.2) is 0 Å². The van der Waals surface area contributed by atoms with Gasteiger partial charge in [-0.05, 0) is 62.9 Å². The highest BCUT2D eigenvalue weighted by Gasteiger charge is 2.35. The average molecular weight is 474 g/mol. The molecule has 2 saturated heterocycles. The first-order chi connectivity index (χ1) is 16.3. The zero-order chi connectivity index (χ0) is 24.1. The largest absolute Gasteiger partial charge is 0.416 e. The topological polar surface area (TPSA) is 35.6 Å². The minimum Gasteiger partial charge on any atom is -0.350 e. The van der Waals surface area contributed by atoms with Crippen LogP contribution in [0.5, 0.6) is 0 Å². The number of alkyl halides is 3. The molecular formula is C27H34F3N3O. The minimum atomic E-state index is -4.46. The summed E-state index contributed by atoms with van der Waals surface area (Å²) in [6.45, 7) is 5.40. The first-order valence-electron chi connectivity index (χ1n) is 12.3. The Morgan fingerprint density at radius 3 is 2.32 bits per heavy atom. The van der Waals surface area contributed by atoms with Gasteiger partial charge in [0.2, 0.25) is 5.91 Å². The first kappa shape index (κ1) is 24.7. The van der Waals surface area contributed by atoms with Crippen molar-refractivity contribution < 1.29 is 18.0 Å². The van der Waals surface area contributed by atoms with Crippen LogP contribution >= 0.6 is 0 Å². The van der Waals surface area contributed by atoms with E-state index in [0.717, 1.165) is 50.7 Å². The number of piperidine rings is 2. The molecule has 0 aromatic heterocycles. The fraction of sp³-hybridized carbons (Fsp3) is 0.519. The number of benzene rings is 2. The summed E-state index contributed by atoms with van der Waals surface area (Å²) in [7, 11) is 0. The van der Waals surface area contributed by atoms with Crippen LogP contribution in [-0.2, 0) is 17.5 Å². The maximum absolute atomic E-state index is 13.5. The van der Waals surface area contributed by atoms with E-state index in [4.69, 9.17) is 0 Å². The Labute approximate surface area is 200 Å². The van der Waals surface area contributed by atoms with E-state index in [9.17, 15) is 18.0 Å². The van der Waals surface area contributed by atoms with Gasteiger partial charge in [-0.25, -0.2) is 0 Å². The molecule has 2 aliphatic heterocycles. The smallest absolute Gasteiger partial charge is 0.350 e. The third kappa shape index (κ3) is 5.99. The molecule has 2 aromatic rings. The number of likely N-dealkylation sites (tertiary alicyclic amines) is 2. The maximum Gasteiger partial charge on any atom is 0.416 e. The van der Waals surface area contributed by atoms with E-state index in [1.54, 1.807) is 13.0 Å². The van der Waals surface area contributed by atoms with Crippen molar-refractivity contribution in [3.8, 4) is 0 Å². The lowest BCUT2D eigenvalue weighted by molar-refractivity contribution is -0.138. The molecule has 1 unspecified atom stereocenters. The van der Waals surface area contributed by atoms with E-state index >= 15 is 0 Å². The number of carbonyl (C=O) groups is 1. The average Bonchev–Trinajstić information content (AvgIpc) is 2.84. The summed E-state index contributed by atoms with van der Waals surface area (Å²) in [5, 5.41) is 2.81. The number of halogens is 3. The summed E-state index contributed by atoms with van der Waals surface area (Å²) in [5.41, 5.74) is 0.811. The van der Waals surface area contributed by atoms with Crippen molar-refractivity contribution in [3.63, 3.8) is 0 Å². The molecule has 2 aliphatic rings. The second-order valence-electron chi connectivity index (χ2n) is 9.55. The molecule has 0 saturated carbocycles. The van der Waals surface area contributed by atoms with Crippen LogP contribution in [0.1, 0.15) is 60.4 Å². The zero-order valence-corrected chi connectivity index (χ0v) is 19.8. The SMILES string of the molecule is Cc1ccc(CNC(=O)C(c2ccccc2)N2CCC(N3CCCCC3)CC2)c(C(F)(F)F)c1. The molecule has 184 valence electrons. The number of aryl methyl sites for hydroxylation is 1. The second kappa shape index (κ2) is 10.9. The Morgan fingerprint density at radius 1 is 1.00 bits per heavy atom. The molecule has 1 amide bonds. The molecule has 1 atom stereocenters. The molecule has 2 heterocycles. The summed E-state index contributed by atoms with van der Waals surface area (Å²) in [6, 6.07) is 13.8. The zero-order valence-electron chi connectivity index (χ0n) is 19.8. The number of carbonyl (C=O) groups excluding carboxylic acids is 1. The van der Waals surface area contributed by atoms with E-state index < -0.39 is 17.8 Å². The van der Waals surface area contributed by atoms with Crippen LogP contribution in [-0.4, -0.2) is 47.9 Å². The molecule has 0 radical (unpaired) electrons. The van der Waals surface area contributed by atoms with E-state index in [1.165, 1.54) is 25.3 Å². The number of rotatable bonds is 6. The van der Waals surface area contributed by atoms with Crippen molar-refractivity contribution in [1.82, 2.24) is 15.1 Å². The van der Waals surface area contributed by atoms with E-state index in [1.807, 2.05) is 30.3 Å². The summed E-state index contributed by atoms with van der Waals surface area (Å²) in [6.07, 6.45) is 1.38. The molecule has 0 aliphatic carbocycles. The van der Waals surface area contributed by atoms with E-state index in [2.05, 4.69) is 15.1 Å². The number of nitrogens with one attached hydrogen (secondary N) is 1. The number of hydrogen-bond donors (Lipinski definition) is 1. The molecule has 4 nitrogen and oxygen atoms in total. The van der Waals surface area contributed by atoms with Gasteiger partial charge in [-0.3, -0.25) is 9.69 Å². The predicted molar refractivity (Wildman–Crippen MR) is 127 cm³/mol. The Morgan fingerprint density at radius 2 is 1.68 bits per heavy atom. The van der Waals surface area contributed by atoms with E-state index in [-0.39, 0.29) is 18.0 Å².